The van der Waals surface area contributed by atoms with Crippen molar-refractivity contribution < 1.29 is 27.8 Å². The number of furan rings is 1. The van der Waals surface area contributed by atoms with Crippen LogP contribution in [0, 0.1) is 0 Å². The molecule has 8 nitrogen and oxygen atoms in total. The Hall–Kier alpha value is -3.59. The molecule has 0 unspecified atom stereocenters. The summed E-state index contributed by atoms with van der Waals surface area (Å²) in [7, 11) is 1.51. The average Bonchev–Trinajstić information content (AvgIpc) is 3.45. The molecular formula is C22H17BrN2O6. The average molecular weight is 485 g/mol. The van der Waals surface area contributed by atoms with Crippen LogP contribution < -0.4 is 9.47 Å². The first-order valence-electron chi connectivity index (χ1n) is 9.22. The molecule has 0 saturated carbocycles. The maximum Gasteiger partial charge on any atom is 0.338 e. The zero-order chi connectivity index (χ0) is 21.6. The van der Waals surface area contributed by atoms with Crippen LogP contribution in [0.3, 0.4) is 0 Å². The molecular weight excluding hydrogens is 468 g/mol. The molecule has 0 radical (unpaired) electrons. The standard InChI is InChI=1S/C22H17BrN2O6/c1-27-18-11-15(7-8-16(18)28-12-14-5-3-2-4-6-14)22(26)29-13-20-24-25-21(31-20)17-9-10-19(23)30-17/h2-11H,12-13H2,1H3. The first-order chi connectivity index (χ1) is 15.1. The highest BCUT2D eigenvalue weighted by atomic mass is 79.9. The summed E-state index contributed by atoms with van der Waals surface area (Å²) in [4.78, 5) is 12.4. The van der Waals surface area contributed by atoms with Crippen molar-refractivity contribution in [3.05, 3.63) is 82.4 Å². The molecule has 0 amide bonds. The van der Waals surface area contributed by atoms with Gasteiger partial charge in [0.15, 0.2) is 28.5 Å². The molecule has 0 saturated heterocycles. The van der Waals surface area contributed by atoms with Gasteiger partial charge in [-0.25, -0.2) is 4.79 Å². The second kappa shape index (κ2) is 9.48. The fourth-order valence-corrected chi connectivity index (χ4v) is 3.01. The van der Waals surface area contributed by atoms with Gasteiger partial charge in [0.2, 0.25) is 0 Å². The highest BCUT2D eigenvalue weighted by Crippen LogP contribution is 2.29. The minimum absolute atomic E-state index is 0.144. The lowest BCUT2D eigenvalue weighted by Gasteiger charge is -2.12. The number of rotatable bonds is 8. The molecule has 2 heterocycles. The number of benzene rings is 2. The third kappa shape index (κ3) is 5.13. The van der Waals surface area contributed by atoms with E-state index < -0.39 is 5.97 Å². The van der Waals surface area contributed by atoms with Crippen LogP contribution in [0.15, 0.2) is 74.2 Å². The summed E-state index contributed by atoms with van der Waals surface area (Å²) in [6.07, 6.45) is 0. The Labute approximate surface area is 185 Å². The summed E-state index contributed by atoms with van der Waals surface area (Å²) >= 11 is 3.21. The minimum atomic E-state index is -0.562. The van der Waals surface area contributed by atoms with Crippen molar-refractivity contribution in [2.24, 2.45) is 0 Å². The molecule has 158 valence electrons. The number of hydrogen-bond donors (Lipinski definition) is 0. The van der Waals surface area contributed by atoms with Gasteiger partial charge in [0.25, 0.3) is 11.8 Å². The quantitative estimate of drug-likeness (QED) is 0.321. The van der Waals surface area contributed by atoms with Gasteiger partial charge in [0.05, 0.1) is 12.7 Å². The van der Waals surface area contributed by atoms with Crippen molar-refractivity contribution in [3.63, 3.8) is 0 Å². The molecule has 0 aliphatic rings. The Bertz CT molecular complexity index is 1170. The number of halogens is 1. The Morgan fingerprint density at radius 2 is 1.81 bits per heavy atom. The summed E-state index contributed by atoms with van der Waals surface area (Å²) in [5, 5.41) is 7.73. The first-order valence-corrected chi connectivity index (χ1v) is 10.0. The van der Waals surface area contributed by atoms with E-state index in [1.807, 2.05) is 30.3 Å². The summed E-state index contributed by atoms with van der Waals surface area (Å²) in [5.74, 6) is 1.13. The van der Waals surface area contributed by atoms with E-state index in [1.54, 1.807) is 30.3 Å². The molecule has 0 aliphatic carbocycles. The van der Waals surface area contributed by atoms with Crippen molar-refractivity contribution in [1.29, 1.82) is 0 Å². The third-order valence-electron chi connectivity index (χ3n) is 4.21. The fourth-order valence-electron chi connectivity index (χ4n) is 2.70. The number of aromatic nitrogens is 2. The maximum absolute atomic E-state index is 12.4. The zero-order valence-corrected chi connectivity index (χ0v) is 18.0. The number of carbonyl (C=O) groups excluding carboxylic acids is 1. The molecule has 4 aromatic rings. The van der Waals surface area contributed by atoms with Crippen LogP contribution in [0.25, 0.3) is 11.7 Å². The van der Waals surface area contributed by atoms with Gasteiger partial charge in [0, 0.05) is 0 Å². The monoisotopic (exact) mass is 484 g/mol. The van der Waals surface area contributed by atoms with Gasteiger partial charge in [-0.15, -0.1) is 10.2 Å². The summed E-state index contributed by atoms with van der Waals surface area (Å²) in [5.41, 5.74) is 1.33. The van der Waals surface area contributed by atoms with E-state index in [1.165, 1.54) is 7.11 Å². The lowest BCUT2D eigenvalue weighted by molar-refractivity contribution is 0.0438. The molecule has 0 aliphatic heterocycles. The third-order valence-corrected chi connectivity index (χ3v) is 4.64. The predicted octanol–water partition coefficient (Wildman–Crippen LogP) is 5.04. The molecule has 0 bridgehead atoms. The van der Waals surface area contributed by atoms with Crippen LogP contribution >= 0.6 is 15.9 Å². The minimum Gasteiger partial charge on any atom is -0.493 e. The summed E-state index contributed by atoms with van der Waals surface area (Å²) in [6, 6.07) is 18.0. The highest BCUT2D eigenvalue weighted by Gasteiger charge is 2.16. The van der Waals surface area contributed by atoms with Crippen molar-refractivity contribution in [2.45, 2.75) is 13.2 Å². The number of hydrogen-bond acceptors (Lipinski definition) is 8. The summed E-state index contributed by atoms with van der Waals surface area (Å²) < 4.78 is 27.8. The SMILES string of the molecule is COc1cc(C(=O)OCc2nnc(-c3ccc(Br)o3)o2)ccc1OCc1ccccc1. The molecule has 0 atom stereocenters. The van der Waals surface area contributed by atoms with Gasteiger partial charge in [-0.2, -0.15) is 0 Å². The molecule has 2 aromatic heterocycles. The Balaban J connectivity index is 1.37. The van der Waals surface area contributed by atoms with Gasteiger partial charge >= 0.3 is 5.97 Å². The van der Waals surface area contributed by atoms with Crippen molar-refractivity contribution >= 4 is 21.9 Å². The molecule has 0 fully saturated rings. The molecule has 9 heteroatoms. The number of ether oxygens (including phenoxy) is 3. The lowest BCUT2D eigenvalue weighted by atomic mass is 10.2. The van der Waals surface area contributed by atoms with Crippen LogP contribution in [-0.2, 0) is 18.0 Å². The van der Waals surface area contributed by atoms with Crippen LogP contribution in [0.4, 0.5) is 0 Å². The van der Waals surface area contributed by atoms with E-state index in [4.69, 9.17) is 23.0 Å². The van der Waals surface area contributed by atoms with Crippen LogP contribution in [-0.4, -0.2) is 23.3 Å². The van der Waals surface area contributed by atoms with E-state index >= 15 is 0 Å². The number of carbonyl (C=O) groups is 1. The van der Waals surface area contributed by atoms with Gasteiger partial charge < -0.3 is 23.0 Å². The molecule has 0 N–H and O–H groups in total. The smallest absolute Gasteiger partial charge is 0.338 e. The Morgan fingerprint density at radius 3 is 2.55 bits per heavy atom. The molecule has 0 spiro atoms. The predicted molar refractivity (Wildman–Crippen MR) is 113 cm³/mol. The highest BCUT2D eigenvalue weighted by molar-refractivity contribution is 9.10. The Morgan fingerprint density at radius 1 is 0.968 bits per heavy atom. The zero-order valence-electron chi connectivity index (χ0n) is 16.4. The van der Waals surface area contributed by atoms with Crippen molar-refractivity contribution in [2.75, 3.05) is 7.11 Å². The maximum atomic E-state index is 12.4. The van der Waals surface area contributed by atoms with Crippen LogP contribution in [0.5, 0.6) is 11.5 Å². The van der Waals surface area contributed by atoms with E-state index in [0.29, 0.717) is 34.1 Å². The number of methoxy groups -OCH3 is 1. The van der Waals surface area contributed by atoms with E-state index in [0.717, 1.165) is 5.56 Å². The van der Waals surface area contributed by atoms with Gasteiger partial charge in [-0.05, 0) is 51.8 Å². The number of esters is 1. The van der Waals surface area contributed by atoms with E-state index in [2.05, 4.69) is 26.1 Å². The van der Waals surface area contributed by atoms with E-state index in [9.17, 15) is 4.79 Å². The molecule has 2 aromatic carbocycles. The normalized spacial score (nSPS) is 10.6. The van der Waals surface area contributed by atoms with Crippen LogP contribution in [0.2, 0.25) is 0 Å². The Kier molecular flexibility index (Phi) is 6.32. The fraction of sp³-hybridized carbons (Fsp3) is 0.136. The molecule has 31 heavy (non-hydrogen) atoms. The second-order valence-electron chi connectivity index (χ2n) is 6.32. The summed E-state index contributed by atoms with van der Waals surface area (Å²) in [6.45, 7) is 0.203. The van der Waals surface area contributed by atoms with Gasteiger partial charge in [-0.1, -0.05) is 30.3 Å². The van der Waals surface area contributed by atoms with Crippen LogP contribution in [0.1, 0.15) is 21.8 Å². The second-order valence-corrected chi connectivity index (χ2v) is 7.10. The van der Waals surface area contributed by atoms with Crippen molar-refractivity contribution in [3.8, 4) is 23.1 Å². The number of nitrogens with zero attached hydrogens (tertiary/aromatic N) is 2. The van der Waals surface area contributed by atoms with E-state index in [-0.39, 0.29) is 18.4 Å². The topological polar surface area (TPSA) is 96.8 Å². The lowest BCUT2D eigenvalue weighted by Crippen LogP contribution is -2.06. The first kappa shape index (κ1) is 20.7. The van der Waals surface area contributed by atoms with Crippen molar-refractivity contribution in [1.82, 2.24) is 10.2 Å². The molecule has 4 rings (SSSR count). The van der Waals surface area contributed by atoms with Gasteiger partial charge in [0.1, 0.15) is 6.61 Å². The largest absolute Gasteiger partial charge is 0.493 e. The van der Waals surface area contributed by atoms with Gasteiger partial charge in [-0.3, -0.25) is 0 Å².